The van der Waals surface area contributed by atoms with Gasteiger partial charge in [-0.3, -0.25) is 9.10 Å². The minimum absolute atomic E-state index is 0.105. The molecule has 1 N–H and O–H groups in total. The van der Waals surface area contributed by atoms with Gasteiger partial charge in [0, 0.05) is 5.69 Å². The molecular weight excluding hydrogens is 471 g/mol. The number of methoxy groups -OCH3 is 2. The average Bonchev–Trinajstić information content (AvgIpc) is 2.79. The number of carbonyl (C=O) groups excluding carboxylic acids is 1. The first-order valence-corrected chi connectivity index (χ1v) is 11.5. The number of halogens is 2. The maximum absolute atomic E-state index is 13.7. The van der Waals surface area contributed by atoms with E-state index in [1.165, 1.54) is 62.8 Å². The third kappa shape index (κ3) is 5.55. The average molecular weight is 493 g/mol. The lowest BCUT2D eigenvalue weighted by molar-refractivity contribution is -0.114. The molecule has 10 heteroatoms. The topological polar surface area (TPSA) is 84.9 Å². The summed E-state index contributed by atoms with van der Waals surface area (Å²) in [5.41, 5.74) is 1.16. The molecule has 0 heterocycles. The first kappa shape index (κ1) is 24.3. The number of ether oxygens (including phenoxy) is 2. The van der Waals surface area contributed by atoms with E-state index in [0.717, 1.165) is 4.31 Å². The van der Waals surface area contributed by atoms with E-state index in [4.69, 9.17) is 21.1 Å². The zero-order valence-corrected chi connectivity index (χ0v) is 19.7. The largest absolute Gasteiger partial charge is 0.495 e. The Morgan fingerprint density at radius 1 is 1.00 bits per heavy atom. The Labute approximate surface area is 196 Å². The summed E-state index contributed by atoms with van der Waals surface area (Å²) in [6, 6.07) is 14.2. The number of carbonyl (C=O) groups is 1. The maximum atomic E-state index is 13.7. The highest BCUT2D eigenvalue weighted by molar-refractivity contribution is 7.93. The second kappa shape index (κ2) is 10.1. The van der Waals surface area contributed by atoms with Crippen molar-refractivity contribution in [2.75, 3.05) is 30.4 Å². The van der Waals surface area contributed by atoms with Crippen LogP contribution in [0, 0.1) is 12.7 Å². The molecule has 3 rings (SSSR count). The van der Waals surface area contributed by atoms with E-state index in [0.29, 0.717) is 17.0 Å². The molecule has 0 aliphatic heterocycles. The van der Waals surface area contributed by atoms with Crippen LogP contribution in [-0.2, 0) is 14.8 Å². The number of aryl methyl sites for hydroxylation is 1. The number of hydrogen-bond donors (Lipinski definition) is 1. The van der Waals surface area contributed by atoms with Crippen molar-refractivity contribution in [3.63, 3.8) is 0 Å². The van der Waals surface area contributed by atoms with Crippen molar-refractivity contribution in [1.82, 2.24) is 0 Å². The summed E-state index contributed by atoms with van der Waals surface area (Å²) in [5, 5.41) is 2.74. The number of hydrogen-bond acceptors (Lipinski definition) is 5. The molecule has 174 valence electrons. The number of rotatable bonds is 8. The molecule has 3 aromatic rings. The van der Waals surface area contributed by atoms with Crippen LogP contribution < -0.4 is 19.1 Å². The molecule has 0 saturated carbocycles. The Balaban J connectivity index is 2.05. The van der Waals surface area contributed by atoms with Gasteiger partial charge in [0.05, 0.1) is 24.9 Å². The number of amides is 1. The summed E-state index contributed by atoms with van der Waals surface area (Å²) in [6.07, 6.45) is 0. The Kier molecular flexibility index (Phi) is 7.45. The molecule has 0 unspecified atom stereocenters. The maximum Gasteiger partial charge on any atom is 0.268 e. The lowest BCUT2D eigenvalue weighted by Gasteiger charge is -2.25. The fourth-order valence-corrected chi connectivity index (χ4v) is 5.00. The van der Waals surface area contributed by atoms with Crippen LogP contribution in [0.2, 0.25) is 5.02 Å². The molecule has 7 nitrogen and oxygen atoms in total. The summed E-state index contributed by atoms with van der Waals surface area (Å²) < 4.78 is 51.9. The van der Waals surface area contributed by atoms with E-state index >= 15 is 0 Å². The lowest BCUT2D eigenvalue weighted by Crippen LogP contribution is -2.38. The molecule has 0 saturated heterocycles. The second-order valence-corrected chi connectivity index (χ2v) is 9.28. The predicted molar refractivity (Wildman–Crippen MR) is 125 cm³/mol. The van der Waals surface area contributed by atoms with E-state index in [9.17, 15) is 17.6 Å². The fraction of sp³-hybridized carbons (Fsp3) is 0.174. The minimum atomic E-state index is -4.26. The van der Waals surface area contributed by atoms with E-state index in [-0.39, 0.29) is 21.4 Å². The Hall–Kier alpha value is -3.30. The molecule has 0 fully saturated rings. The van der Waals surface area contributed by atoms with Crippen LogP contribution >= 0.6 is 11.6 Å². The minimum Gasteiger partial charge on any atom is -0.495 e. The molecule has 0 aromatic heterocycles. The van der Waals surface area contributed by atoms with Gasteiger partial charge >= 0.3 is 0 Å². The highest BCUT2D eigenvalue weighted by Crippen LogP contribution is 2.34. The van der Waals surface area contributed by atoms with E-state index in [1.807, 2.05) is 0 Å². The van der Waals surface area contributed by atoms with Crippen LogP contribution in [0.25, 0.3) is 0 Å². The molecule has 0 atom stereocenters. The SMILES string of the molecule is COc1ccc(N(CC(=O)Nc2ccc(F)cc2)S(=O)(=O)c2cc(C)ccc2OC)cc1Cl. The van der Waals surface area contributed by atoms with Gasteiger partial charge in [-0.25, -0.2) is 12.8 Å². The van der Waals surface area contributed by atoms with E-state index in [2.05, 4.69) is 5.32 Å². The van der Waals surface area contributed by atoms with Gasteiger partial charge in [0.2, 0.25) is 5.91 Å². The third-order valence-electron chi connectivity index (χ3n) is 4.73. The predicted octanol–water partition coefficient (Wildman–Crippen LogP) is 4.64. The van der Waals surface area contributed by atoms with Crippen molar-refractivity contribution >= 4 is 38.9 Å². The third-order valence-corrected chi connectivity index (χ3v) is 6.82. The van der Waals surface area contributed by atoms with Gasteiger partial charge in [0.15, 0.2) is 0 Å². The van der Waals surface area contributed by atoms with Gasteiger partial charge in [-0.05, 0) is 67.1 Å². The monoisotopic (exact) mass is 492 g/mol. The molecule has 0 aliphatic carbocycles. The highest BCUT2D eigenvalue weighted by Gasteiger charge is 2.30. The first-order chi connectivity index (χ1) is 15.6. The highest BCUT2D eigenvalue weighted by atomic mass is 35.5. The second-order valence-electron chi connectivity index (χ2n) is 7.04. The number of nitrogens with zero attached hydrogens (tertiary/aromatic N) is 1. The summed E-state index contributed by atoms with van der Waals surface area (Å²) in [5.74, 6) is -0.619. The first-order valence-electron chi connectivity index (χ1n) is 9.72. The summed E-state index contributed by atoms with van der Waals surface area (Å²) >= 11 is 6.23. The van der Waals surface area contributed by atoms with Gasteiger partial charge in [-0.1, -0.05) is 17.7 Å². The molecule has 0 spiro atoms. The van der Waals surface area contributed by atoms with Crippen LogP contribution in [0.15, 0.2) is 65.6 Å². The Morgan fingerprint density at radius 3 is 2.24 bits per heavy atom. The standard InChI is InChI=1S/C23H22ClFN2O5S/c1-15-4-10-21(32-3)22(12-15)33(29,30)27(18-9-11-20(31-2)19(24)13-18)14-23(28)26-17-7-5-16(25)6-8-17/h4-13H,14H2,1-3H3,(H,26,28). The van der Waals surface area contributed by atoms with Crippen LogP contribution in [0.4, 0.5) is 15.8 Å². The van der Waals surface area contributed by atoms with Gasteiger partial charge < -0.3 is 14.8 Å². The zero-order valence-electron chi connectivity index (χ0n) is 18.1. The van der Waals surface area contributed by atoms with Crippen LogP contribution in [-0.4, -0.2) is 35.1 Å². The quantitative estimate of drug-likeness (QED) is 0.495. The van der Waals surface area contributed by atoms with Crippen molar-refractivity contribution in [2.45, 2.75) is 11.8 Å². The van der Waals surface area contributed by atoms with Gasteiger partial charge in [0.25, 0.3) is 10.0 Å². The Bertz CT molecular complexity index is 1270. The molecule has 1 amide bonds. The lowest BCUT2D eigenvalue weighted by atomic mass is 10.2. The van der Waals surface area contributed by atoms with Crippen molar-refractivity contribution in [2.24, 2.45) is 0 Å². The van der Waals surface area contributed by atoms with Crippen molar-refractivity contribution in [1.29, 1.82) is 0 Å². The van der Waals surface area contributed by atoms with Gasteiger partial charge in [-0.2, -0.15) is 0 Å². The molecule has 3 aromatic carbocycles. The van der Waals surface area contributed by atoms with Gasteiger partial charge in [-0.15, -0.1) is 0 Å². The molecular formula is C23H22ClFN2O5S. The summed E-state index contributed by atoms with van der Waals surface area (Å²) in [6.45, 7) is 1.17. The summed E-state index contributed by atoms with van der Waals surface area (Å²) in [7, 11) is -1.47. The van der Waals surface area contributed by atoms with Crippen LogP contribution in [0.1, 0.15) is 5.56 Å². The smallest absolute Gasteiger partial charge is 0.268 e. The fourth-order valence-electron chi connectivity index (χ4n) is 3.09. The van der Waals surface area contributed by atoms with Crippen molar-refractivity contribution < 1.29 is 27.1 Å². The Morgan fingerprint density at radius 2 is 1.64 bits per heavy atom. The van der Waals surface area contributed by atoms with Crippen molar-refractivity contribution in [3.8, 4) is 11.5 Å². The number of sulfonamides is 1. The van der Waals surface area contributed by atoms with Crippen LogP contribution in [0.5, 0.6) is 11.5 Å². The van der Waals surface area contributed by atoms with E-state index < -0.39 is 28.3 Å². The van der Waals surface area contributed by atoms with Crippen LogP contribution in [0.3, 0.4) is 0 Å². The number of anilines is 2. The summed E-state index contributed by atoms with van der Waals surface area (Å²) in [4.78, 5) is 12.7. The molecule has 0 aliphatic rings. The van der Waals surface area contributed by atoms with E-state index in [1.54, 1.807) is 19.1 Å². The molecule has 33 heavy (non-hydrogen) atoms. The molecule has 0 bridgehead atoms. The van der Waals surface area contributed by atoms with Gasteiger partial charge in [0.1, 0.15) is 28.8 Å². The zero-order chi connectivity index (χ0) is 24.2. The molecule has 0 radical (unpaired) electrons. The number of benzene rings is 3. The van der Waals surface area contributed by atoms with Crippen molar-refractivity contribution in [3.05, 3.63) is 77.1 Å². The normalized spacial score (nSPS) is 11.1. The number of nitrogens with one attached hydrogen (secondary N) is 1.